The zero-order valence-electron chi connectivity index (χ0n) is 9.74. The third-order valence-electron chi connectivity index (χ3n) is 2.04. The van der Waals surface area contributed by atoms with E-state index in [9.17, 15) is 14.4 Å². The summed E-state index contributed by atoms with van der Waals surface area (Å²) in [5.41, 5.74) is 1.83. The molecule has 5 nitrogen and oxygen atoms in total. The van der Waals surface area contributed by atoms with Gasteiger partial charge in [0.15, 0.2) is 0 Å². The number of rotatable bonds is 4. The van der Waals surface area contributed by atoms with Crippen LogP contribution >= 0.6 is 0 Å². The molecule has 0 spiro atoms. The minimum atomic E-state index is -0.225. The summed E-state index contributed by atoms with van der Waals surface area (Å²) in [6.07, 6.45) is 0.981. The van der Waals surface area contributed by atoms with Crippen molar-refractivity contribution in [3.8, 4) is 0 Å². The van der Waals surface area contributed by atoms with Crippen molar-refractivity contribution in [2.24, 2.45) is 0 Å². The Morgan fingerprint density at radius 1 is 1.18 bits per heavy atom. The molecule has 5 heteroatoms. The highest BCUT2D eigenvalue weighted by Crippen LogP contribution is 2.21. The SMILES string of the molecule is CC(=O)Nc1ccc(CC=O)c(NC(C)=O)c1. The van der Waals surface area contributed by atoms with Gasteiger partial charge in [-0.3, -0.25) is 9.59 Å². The van der Waals surface area contributed by atoms with E-state index >= 15 is 0 Å². The van der Waals surface area contributed by atoms with Crippen LogP contribution in [0.5, 0.6) is 0 Å². The molecule has 2 amide bonds. The van der Waals surface area contributed by atoms with Crippen molar-refractivity contribution in [2.45, 2.75) is 20.3 Å². The number of anilines is 2. The van der Waals surface area contributed by atoms with Crippen LogP contribution in [0.2, 0.25) is 0 Å². The number of nitrogens with one attached hydrogen (secondary N) is 2. The van der Waals surface area contributed by atoms with Crippen LogP contribution < -0.4 is 10.6 Å². The van der Waals surface area contributed by atoms with E-state index in [2.05, 4.69) is 10.6 Å². The smallest absolute Gasteiger partial charge is 0.221 e. The van der Waals surface area contributed by atoms with Gasteiger partial charge in [0.2, 0.25) is 11.8 Å². The molecule has 1 rings (SSSR count). The molecule has 0 aliphatic heterocycles. The molecule has 0 aliphatic rings. The normalized spacial score (nSPS) is 9.53. The number of aldehydes is 1. The standard InChI is InChI=1S/C12H14N2O3/c1-8(16)13-11-4-3-10(5-6-15)12(7-11)14-9(2)17/h3-4,6-7H,5H2,1-2H3,(H,13,16)(H,14,17). The Morgan fingerprint density at radius 3 is 2.35 bits per heavy atom. The molecule has 0 bridgehead atoms. The van der Waals surface area contributed by atoms with Gasteiger partial charge < -0.3 is 15.4 Å². The summed E-state index contributed by atoms with van der Waals surface area (Å²) in [6.45, 7) is 2.78. The molecule has 0 atom stereocenters. The van der Waals surface area contributed by atoms with Gasteiger partial charge in [0.25, 0.3) is 0 Å². The maximum absolute atomic E-state index is 11.0. The van der Waals surface area contributed by atoms with Crippen molar-refractivity contribution in [2.75, 3.05) is 10.6 Å². The lowest BCUT2D eigenvalue weighted by molar-refractivity contribution is -0.115. The Bertz CT molecular complexity index is 455. The predicted molar refractivity (Wildman–Crippen MR) is 64.8 cm³/mol. The molecular weight excluding hydrogens is 220 g/mol. The molecule has 90 valence electrons. The van der Waals surface area contributed by atoms with E-state index in [1.807, 2.05) is 0 Å². The molecular formula is C12H14N2O3. The van der Waals surface area contributed by atoms with Crippen molar-refractivity contribution < 1.29 is 14.4 Å². The van der Waals surface area contributed by atoms with E-state index in [4.69, 9.17) is 0 Å². The topological polar surface area (TPSA) is 75.3 Å². The molecule has 2 N–H and O–H groups in total. The number of benzene rings is 1. The van der Waals surface area contributed by atoms with Crippen LogP contribution in [0, 0.1) is 0 Å². The molecule has 0 aromatic heterocycles. The lowest BCUT2D eigenvalue weighted by Gasteiger charge is -2.10. The first-order chi connectivity index (χ1) is 8.02. The summed E-state index contributed by atoms with van der Waals surface area (Å²) in [4.78, 5) is 32.4. The Morgan fingerprint density at radius 2 is 1.82 bits per heavy atom. The predicted octanol–water partition coefficient (Wildman–Crippen LogP) is 1.34. The second kappa shape index (κ2) is 5.79. The average Bonchev–Trinajstić information content (AvgIpc) is 2.20. The van der Waals surface area contributed by atoms with Crippen LogP contribution in [-0.4, -0.2) is 18.1 Å². The van der Waals surface area contributed by atoms with Crippen LogP contribution in [0.4, 0.5) is 11.4 Å². The third kappa shape index (κ3) is 4.06. The lowest BCUT2D eigenvalue weighted by Crippen LogP contribution is -2.10. The van der Waals surface area contributed by atoms with Crippen molar-refractivity contribution in [3.05, 3.63) is 23.8 Å². The second-order valence-electron chi connectivity index (χ2n) is 3.61. The average molecular weight is 234 g/mol. The lowest BCUT2D eigenvalue weighted by atomic mass is 10.1. The molecule has 0 heterocycles. The summed E-state index contributed by atoms with van der Waals surface area (Å²) in [7, 11) is 0. The minimum Gasteiger partial charge on any atom is -0.326 e. The van der Waals surface area contributed by atoms with Gasteiger partial charge >= 0.3 is 0 Å². The van der Waals surface area contributed by atoms with Gasteiger partial charge in [-0.25, -0.2) is 0 Å². The van der Waals surface area contributed by atoms with E-state index in [-0.39, 0.29) is 18.2 Å². The largest absolute Gasteiger partial charge is 0.326 e. The van der Waals surface area contributed by atoms with Crippen molar-refractivity contribution >= 4 is 29.5 Å². The first-order valence-corrected chi connectivity index (χ1v) is 5.14. The van der Waals surface area contributed by atoms with Gasteiger partial charge in [0.1, 0.15) is 6.29 Å². The fourth-order valence-corrected chi connectivity index (χ4v) is 1.43. The van der Waals surface area contributed by atoms with Crippen LogP contribution in [0.15, 0.2) is 18.2 Å². The van der Waals surface area contributed by atoms with Gasteiger partial charge in [0.05, 0.1) is 0 Å². The third-order valence-corrected chi connectivity index (χ3v) is 2.04. The Balaban J connectivity index is 3.04. The monoisotopic (exact) mass is 234 g/mol. The molecule has 1 aromatic rings. The Kier molecular flexibility index (Phi) is 4.39. The maximum Gasteiger partial charge on any atom is 0.221 e. The van der Waals surface area contributed by atoms with Gasteiger partial charge in [-0.2, -0.15) is 0 Å². The van der Waals surface area contributed by atoms with Gasteiger partial charge in [-0.15, -0.1) is 0 Å². The zero-order valence-corrected chi connectivity index (χ0v) is 9.74. The van der Waals surface area contributed by atoms with E-state index < -0.39 is 0 Å². The van der Waals surface area contributed by atoms with Crippen LogP contribution in [0.3, 0.4) is 0 Å². The molecule has 0 fully saturated rings. The van der Waals surface area contributed by atoms with Gasteiger partial charge in [0, 0.05) is 31.6 Å². The minimum absolute atomic E-state index is 0.193. The van der Waals surface area contributed by atoms with E-state index in [0.717, 1.165) is 6.29 Å². The summed E-state index contributed by atoms with van der Waals surface area (Å²) >= 11 is 0. The number of carbonyl (C=O) groups is 3. The first-order valence-electron chi connectivity index (χ1n) is 5.14. The summed E-state index contributed by atoms with van der Waals surface area (Å²) in [6, 6.07) is 5.01. The van der Waals surface area contributed by atoms with Gasteiger partial charge in [-0.1, -0.05) is 6.07 Å². The van der Waals surface area contributed by atoms with E-state index in [1.54, 1.807) is 18.2 Å². The summed E-state index contributed by atoms with van der Waals surface area (Å²) < 4.78 is 0. The highest BCUT2D eigenvalue weighted by Gasteiger charge is 2.06. The molecule has 0 saturated heterocycles. The fourth-order valence-electron chi connectivity index (χ4n) is 1.43. The zero-order chi connectivity index (χ0) is 12.8. The van der Waals surface area contributed by atoms with Gasteiger partial charge in [-0.05, 0) is 17.7 Å². The molecule has 0 saturated carbocycles. The van der Waals surface area contributed by atoms with Crippen LogP contribution in [-0.2, 0) is 20.8 Å². The van der Waals surface area contributed by atoms with Crippen molar-refractivity contribution in [3.63, 3.8) is 0 Å². The van der Waals surface area contributed by atoms with Crippen molar-refractivity contribution in [1.29, 1.82) is 0 Å². The molecule has 0 radical (unpaired) electrons. The first kappa shape index (κ1) is 12.9. The van der Waals surface area contributed by atoms with E-state index in [1.165, 1.54) is 13.8 Å². The van der Waals surface area contributed by atoms with Crippen molar-refractivity contribution in [1.82, 2.24) is 0 Å². The number of amides is 2. The number of carbonyl (C=O) groups excluding carboxylic acids is 3. The highest BCUT2D eigenvalue weighted by atomic mass is 16.2. The molecule has 0 aliphatic carbocycles. The Labute approximate surface area is 99.2 Å². The Hall–Kier alpha value is -2.17. The quantitative estimate of drug-likeness (QED) is 0.772. The van der Waals surface area contributed by atoms with Crippen LogP contribution in [0.25, 0.3) is 0 Å². The molecule has 0 unspecified atom stereocenters. The summed E-state index contributed by atoms with van der Waals surface area (Å²) in [5.74, 6) is -0.418. The molecule has 1 aromatic carbocycles. The fraction of sp³-hybridized carbons (Fsp3) is 0.250. The number of hydrogen-bond acceptors (Lipinski definition) is 3. The maximum atomic E-state index is 11.0. The second-order valence-corrected chi connectivity index (χ2v) is 3.61. The molecule has 17 heavy (non-hydrogen) atoms. The summed E-state index contributed by atoms with van der Waals surface area (Å²) in [5, 5.41) is 5.23. The van der Waals surface area contributed by atoms with Crippen LogP contribution in [0.1, 0.15) is 19.4 Å². The highest BCUT2D eigenvalue weighted by molar-refractivity contribution is 5.93. The van der Waals surface area contributed by atoms with E-state index in [0.29, 0.717) is 16.9 Å². The number of hydrogen-bond donors (Lipinski definition) is 2.